The van der Waals surface area contributed by atoms with Crippen molar-refractivity contribution in [3.8, 4) is 0 Å². The number of hydrogen-bond acceptors (Lipinski definition) is 4. The Bertz CT molecular complexity index is 502. The molecule has 0 aromatic carbocycles. The minimum atomic E-state index is -0.349. The number of aromatic nitrogens is 2. The van der Waals surface area contributed by atoms with Crippen LogP contribution in [-0.4, -0.2) is 28.5 Å². The van der Waals surface area contributed by atoms with Crippen LogP contribution in [0, 0.1) is 6.92 Å². The number of carbonyl (C=O) groups excluding carboxylic acids is 1. The molecule has 1 fully saturated rings. The third-order valence-electron chi connectivity index (χ3n) is 3.34. The Labute approximate surface area is 124 Å². The maximum atomic E-state index is 11.9. The first kappa shape index (κ1) is 15.0. The largest absolute Gasteiger partial charge is 0.358 e. The molecule has 0 aliphatic heterocycles. The van der Waals surface area contributed by atoms with Crippen LogP contribution in [0.2, 0.25) is 5.15 Å². The Balaban J connectivity index is 2.09. The first-order valence-electron chi connectivity index (χ1n) is 7.11. The van der Waals surface area contributed by atoms with E-state index in [1.54, 1.807) is 0 Å². The molecule has 6 heteroatoms. The molecule has 5 nitrogen and oxygen atoms in total. The van der Waals surface area contributed by atoms with Crippen molar-refractivity contribution in [2.75, 3.05) is 11.9 Å². The summed E-state index contributed by atoms with van der Waals surface area (Å²) < 4.78 is 0. The number of nitrogens with zero attached hydrogens (tertiary/aromatic N) is 2. The molecule has 1 heterocycles. The van der Waals surface area contributed by atoms with Gasteiger partial charge in [0.2, 0.25) is 5.91 Å². The maximum absolute atomic E-state index is 11.9. The van der Waals surface area contributed by atoms with Crippen LogP contribution >= 0.6 is 11.6 Å². The van der Waals surface area contributed by atoms with E-state index in [0.29, 0.717) is 23.4 Å². The van der Waals surface area contributed by atoms with Crippen molar-refractivity contribution < 1.29 is 4.79 Å². The highest BCUT2D eigenvalue weighted by atomic mass is 35.5. The molecular weight excluding hydrogens is 276 g/mol. The first-order valence-corrected chi connectivity index (χ1v) is 7.49. The molecule has 1 unspecified atom stereocenters. The highest BCUT2D eigenvalue weighted by molar-refractivity contribution is 6.30. The van der Waals surface area contributed by atoms with Gasteiger partial charge in [0.1, 0.15) is 22.8 Å². The van der Waals surface area contributed by atoms with Gasteiger partial charge in [0, 0.05) is 18.0 Å². The summed E-state index contributed by atoms with van der Waals surface area (Å²) in [5.41, 5.74) is 0.784. The van der Waals surface area contributed by atoms with Crippen molar-refractivity contribution in [2.24, 2.45) is 0 Å². The van der Waals surface area contributed by atoms with Gasteiger partial charge in [-0.15, -0.1) is 0 Å². The van der Waals surface area contributed by atoms with Crippen molar-refractivity contribution in [2.45, 2.75) is 52.0 Å². The van der Waals surface area contributed by atoms with E-state index in [1.807, 2.05) is 20.8 Å². The van der Waals surface area contributed by atoms with E-state index < -0.39 is 0 Å². The summed E-state index contributed by atoms with van der Waals surface area (Å²) in [7, 11) is 0. The minimum absolute atomic E-state index is 0.0334. The summed E-state index contributed by atoms with van der Waals surface area (Å²) in [5.74, 6) is 1.84. The number of hydrogen-bond donors (Lipinski definition) is 2. The van der Waals surface area contributed by atoms with Crippen LogP contribution in [0.4, 0.5) is 5.82 Å². The molecule has 1 aliphatic carbocycles. The summed E-state index contributed by atoms with van der Waals surface area (Å²) in [4.78, 5) is 20.7. The van der Waals surface area contributed by atoms with Gasteiger partial charge in [0.05, 0.1) is 0 Å². The minimum Gasteiger partial charge on any atom is -0.358 e. The molecule has 1 amide bonds. The fraction of sp³-hybridized carbons (Fsp3) is 0.643. The molecule has 110 valence electrons. The van der Waals surface area contributed by atoms with Gasteiger partial charge in [-0.2, -0.15) is 0 Å². The van der Waals surface area contributed by atoms with Gasteiger partial charge < -0.3 is 10.6 Å². The zero-order valence-electron chi connectivity index (χ0n) is 12.2. The lowest BCUT2D eigenvalue weighted by molar-refractivity contribution is -0.121. The molecule has 2 rings (SSSR count). The predicted octanol–water partition coefficient (Wildman–Crippen LogP) is 2.64. The van der Waals surface area contributed by atoms with Crippen molar-refractivity contribution in [1.29, 1.82) is 0 Å². The molecule has 1 aromatic rings. The number of amides is 1. The summed E-state index contributed by atoms with van der Waals surface area (Å²) in [5, 5.41) is 6.46. The Morgan fingerprint density at radius 1 is 1.45 bits per heavy atom. The second-order valence-electron chi connectivity index (χ2n) is 5.28. The van der Waals surface area contributed by atoms with E-state index in [1.165, 1.54) is 0 Å². The van der Waals surface area contributed by atoms with E-state index >= 15 is 0 Å². The number of halogens is 1. The molecular formula is C14H21ClN4O. The lowest BCUT2D eigenvalue weighted by Gasteiger charge is -2.17. The lowest BCUT2D eigenvalue weighted by atomic mass is 10.2. The Kier molecular flexibility index (Phi) is 4.81. The lowest BCUT2D eigenvalue weighted by Crippen LogP contribution is -2.38. The van der Waals surface area contributed by atoms with Crippen LogP contribution in [0.3, 0.4) is 0 Å². The highest BCUT2D eigenvalue weighted by Crippen LogP contribution is 2.39. The van der Waals surface area contributed by atoms with E-state index in [4.69, 9.17) is 11.6 Å². The van der Waals surface area contributed by atoms with Crippen LogP contribution in [0.5, 0.6) is 0 Å². The van der Waals surface area contributed by atoms with E-state index in [0.717, 1.165) is 30.7 Å². The van der Waals surface area contributed by atoms with E-state index in [9.17, 15) is 4.79 Å². The molecule has 20 heavy (non-hydrogen) atoms. The second-order valence-corrected chi connectivity index (χ2v) is 5.64. The van der Waals surface area contributed by atoms with Crippen LogP contribution in [0.25, 0.3) is 0 Å². The Morgan fingerprint density at radius 3 is 2.75 bits per heavy atom. The van der Waals surface area contributed by atoms with Crippen LogP contribution < -0.4 is 10.6 Å². The zero-order chi connectivity index (χ0) is 14.7. The van der Waals surface area contributed by atoms with Gasteiger partial charge >= 0.3 is 0 Å². The molecule has 0 radical (unpaired) electrons. The third-order valence-corrected chi connectivity index (χ3v) is 3.71. The van der Waals surface area contributed by atoms with Gasteiger partial charge in [0.25, 0.3) is 0 Å². The predicted molar refractivity (Wildman–Crippen MR) is 80.1 cm³/mol. The third kappa shape index (κ3) is 3.60. The Morgan fingerprint density at radius 2 is 2.15 bits per heavy atom. The summed E-state index contributed by atoms with van der Waals surface area (Å²) in [6.07, 6.45) is 3.15. The number of anilines is 1. The number of rotatable bonds is 6. The van der Waals surface area contributed by atoms with E-state index in [2.05, 4.69) is 20.6 Å². The zero-order valence-corrected chi connectivity index (χ0v) is 12.9. The van der Waals surface area contributed by atoms with E-state index in [-0.39, 0.29) is 11.9 Å². The van der Waals surface area contributed by atoms with Crippen molar-refractivity contribution >= 4 is 23.3 Å². The smallest absolute Gasteiger partial charge is 0.242 e. The summed E-state index contributed by atoms with van der Waals surface area (Å²) in [6, 6.07) is -0.349. The molecule has 0 bridgehead atoms. The van der Waals surface area contributed by atoms with Gasteiger partial charge in [-0.1, -0.05) is 18.5 Å². The standard InChI is InChI=1S/C14H21ClN4O/c1-4-7-16-14(20)9(3)17-12-8(2)11(15)18-13(19-12)10-5-6-10/h9-10H,4-7H2,1-3H3,(H,16,20)(H,17,18,19). The first-order chi connectivity index (χ1) is 9.52. The highest BCUT2D eigenvalue weighted by Gasteiger charge is 2.28. The number of nitrogens with one attached hydrogen (secondary N) is 2. The SMILES string of the molecule is CCCNC(=O)C(C)Nc1nc(C2CC2)nc(Cl)c1C. The summed E-state index contributed by atoms with van der Waals surface area (Å²) in [6.45, 7) is 6.38. The summed E-state index contributed by atoms with van der Waals surface area (Å²) >= 11 is 6.15. The van der Waals surface area contributed by atoms with Crippen LogP contribution in [0.1, 0.15) is 50.4 Å². The van der Waals surface area contributed by atoms with Crippen LogP contribution in [-0.2, 0) is 4.79 Å². The fourth-order valence-electron chi connectivity index (χ4n) is 1.84. The normalized spacial score (nSPS) is 15.8. The van der Waals surface area contributed by atoms with Gasteiger partial charge in [-0.05, 0) is 33.1 Å². The fourth-order valence-corrected chi connectivity index (χ4v) is 2.02. The maximum Gasteiger partial charge on any atom is 0.242 e. The van der Waals surface area contributed by atoms with Crippen LogP contribution in [0.15, 0.2) is 0 Å². The molecule has 1 aliphatic rings. The monoisotopic (exact) mass is 296 g/mol. The van der Waals surface area contributed by atoms with Gasteiger partial charge in [0.15, 0.2) is 0 Å². The Hall–Kier alpha value is -1.36. The molecule has 0 spiro atoms. The number of carbonyl (C=O) groups is 1. The second kappa shape index (κ2) is 6.39. The average molecular weight is 297 g/mol. The molecule has 0 saturated heterocycles. The van der Waals surface area contributed by atoms with Crippen molar-refractivity contribution in [3.63, 3.8) is 0 Å². The molecule has 1 aromatic heterocycles. The topological polar surface area (TPSA) is 66.9 Å². The average Bonchev–Trinajstić information content (AvgIpc) is 3.25. The van der Waals surface area contributed by atoms with Crippen molar-refractivity contribution in [1.82, 2.24) is 15.3 Å². The molecule has 2 N–H and O–H groups in total. The van der Waals surface area contributed by atoms with Crippen molar-refractivity contribution in [3.05, 3.63) is 16.5 Å². The quantitative estimate of drug-likeness (QED) is 0.792. The molecule has 1 saturated carbocycles. The van der Waals surface area contributed by atoms with Gasteiger partial charge in [-0.3, -0.25) is 4.79 Å². The van der Waals surface area contributed by atoms with Gasteiger partial charge in [-0.25, -0.2) is 9.97 Å². The molecule has 1 atom stereocenters.